The van der Waals surface area contributed by atoms with E-state index in [1.54, 1.807) is 24.6 Å². The number of methoxy groups -OCH3 is 1. The van der Waals surface area contributed by atoms with Gasteiger partial charge in [0, 0.05) is 28.4 Å². The Morgan fingerprint density at radius 3 is 2.55 bits per heavy atom. The zero-order valence-corrected chi connectivity index (χ0v) is 17.0. The van der Waals surface area contributed by atoms with Crippen molar-refractivity contribution in [1.29, 1.82) is 0 Å². The Kier molecular flexibility index (Phi) is 5.87. The van der Waals surface area contributed by atoms with Gasteiger partial charge in [0.15, 0.2) is 0 Å². The number of carbonyl (C=O) groups is 1. The van der Waals surface area contributed by atoms with Crippen molar-refractivity contribution < 1.29 is 13.9 Å². The molecule has 0 bridgehead atoms. The molecule has 0 aliphatic heterocycles. The molecular formula is C20H16N4O3S2. The van der Waals surface area contributed by atoms with E-state index in [2.05, 4.69) is 20.5 Å². The fourth-order valence-corrected chi connectivity index (χ4v) is 3.71. The van der Waals surface area contributed by atoms with Gasteiger partial charge < -0.3 is 14.5 Å². The highest BCUT2D eigenvalue weighted by Gasteiger charge is 2.12. The summed E-state index contributed by atoms with van der Waals surface area (Å²) in [4.78, 5) is 16.5. The van der Waals surface area contributed by atoms with Crippen molar-refractivity contribution in [1.82, 2.24) is 15.2 Å². The Labute approximate surface area is 175 Å². The molecule has 2 aromatic carbocycles. The highest BCUT2D eigenvalue weighted by atomic mass is 32.2. The second-order valence-corrected chi connectivity index (χ2v) is 7.67. The standard InChI is InChI=1S/C20H16N4O3S2/c1-26-16-8-4-13(5-9-16)18-23-24-20(27-18)29-12-17(25)22-15-6-2-14(3-7-15)19-21-10-11-28-19/h2-11H,12H2,1H3,(H,22,25). The first-order valence-electron chi connectivity index (χ1n) is 8.62. The monoisotopic (exact) mass is 424 g/mol. The third kappa shape index (κ3) is 4.82. The van der Waals surface area contributed by atoms with Gasteiger partial charge in [-0.15, -0.1) is 21.5 Å². The van der Waals surface area contributed by atoms with Gasteiger partial charge >= 0.3 is 0 Å². The number of carbonyl (C=O) groups excluding carboxylic acids is 1. The fourth-order valence-electron chi connectivity index (χ4n) is 2.50. The zero-order valence-electron chi connectivity index (χ0n) is 15.4. The van der Waals surface area contributed by atoms with Gasteiger partial charge in [-0.05, 0) is 48.5 Å². The van der Waals surface area contributed by atoms with Crippen LogP contribution in [-0.2, 0) is 4.79 Å². The van der Waals surface area contributed by atoms with Crippen molar-refractivity contribution in [3.05, 3.63) is 60.1 Å². The summed E-state index contributed by atoms with van der Waals surface area (Å²) in [6.45, 7) is 0. The topological polar surface area (TPSA) is 90.1 Å². The number of anilines is 1. The molecule has 4 aromatic rings. The molecule has 2 heterocycles. The van der Waals surface area contributed by atoms with E-state index in [9.17, 15) is 4.79 Å². The molecule has 4 rings (SSSR count). The van der Waals surface area contributed by atoms with E-state index in [0.29, 0.717) is 11.1 Å². The molecule has 0 aliphatic rings. The first kappa shape index (κ1) is 19.2. The summed E-state index contributed by atoms with van der Waals surface area (Å²) in [5, 5.41) is 14.1. The molecule has 0 spiro atoms. The number of hydrogen-bond donors (Lipinski definition) is 1. The van der Waals surface area contributed by atoms with Crippen LogP contribution in [0.3, 0.4) is 0 Å². The Morgan fingerprint density at radius 1 is 1.10 bits per heavy atom. The fraction of sp³-hybridized carbons (Fsp3) is 0.100. The molecule has 29 heavy (non-hydrogen) atoms. The van der Waals surface area contributed by atoms with Gasteiger partial charge in [-0.2, -0.15) is 0 Å². The minimum absolute atomic E-state index is 0.152. The van der Waals surface area contributed by atoms with Gasteiger partial charge in [0.25, 0.3) is 5.22 Å². The lowest BCUT2D eigenvalue weighted by atomic mass is 10.2. The van der Waals surface area contributed by atoms with E-state index >= 15 is 0 Å². The third-order valence-corrected chi connectivity index (χ3v) is 5.56. The highest BCUT2D eigenvalue weighted by Crippen LogP contribution is 2.26. The van der Waals surface area contributed by atoms with Crippen LogP contribution < -0.4 is 10.1 Å². The normalized spacial score (nSPS) is 10.7. The van der Waals surface area contributed by atoms with Crippen molar-refractivity contribution in [2.45, 2.75) is 5.22 Å². The summed E-state index contributed by atoms with van der Waals surface area (Å²) in [7, 11) is 1.61. The van der Waals surface area contributed by atoms with Crippen molar-refractivity contribution in [3.63, 3.8) is 0 Å². The van der Waals surface area contributed by atoms with E-state index in [1.807, 2.05) is 53.9 Å². The van der Waals surface area contributed by atoms with Crippen LogP contribution in [0.2, 0.25) is 0 Å². The van der Waals surface area contributed by atoms with Gasteiger partial charge in [-0.25, -0.2) is 4.98 Å². The summed E-state index contributed by atoms with van der Waals surface area (Å²) in [5.74, 6) is 1.16. The molecule has 0 atom stereocenters. The van der Waals surface area contributed by atoms with Crippen LogP contribution in [0.4, 0.5) is 5.69 Å². The number of hydrogen-bond acceptors (Lipinski definition) is 8. The van der Waals surface area contributed by atoms with Gasteiger partial charge in [0.1, 0.15) is 10.8 Å². The molecule has 0 unspecified atom stereocenters. The number of rotatable bonds is 7. The molecule has 1 N–H and O–H groups in total. The van der Waals surface area contributed by atoms with Crippen molar-refractivity contribution in [2.75, 3.05) is 18.2 Å². The largest absolute Gasteiger partial charge is 0.497 e. The van der Waals surface area contributed by atoms with Gasteiger partial charge in [0.2, 0.25) is 11.8 Å². The lowest BCUT2D eigenvalue weighted by Crippen LogP contribution is -2.13. The molecule has 1 amide bonds. The molecule has 2 aromatic heterocycles. The van der Waals surface area contributed by atoms with Crippen LogP contribution in [0.1, 0.15) is 0 Å². The van der Waals surface area contributed by atoms with Gasteiger partial charge in [-0.3, -0.25) is 4.79 Å². The zero-order chi connectivity index (χ0) is 20.1. The lowest BCUT2D eigenvalue weighted by molar-refractivity contribution is -0.113. The molecule has 0 radical (unpaired) electrons. The molecule has 0 aliphatic carbocycles. The molecule has 0 saturated carbocycles. The Hall–Kier alpha value is -3.17. The van der Waals surface area contributed by atoms with Crippen LogP contribution in [0.15, 0.2) is 69.7 Å². The summed E-state index contributed by atoms with van der Waals surface area (Å²) in [6, 6.07) is 14.9. The Balaban J connectivity index is 1.31. The first-order chi connectivity index (χ1) is 14.2. The number of nitrogens with one attached hydrogen (secondary N) is 1. The minimum Gasteiger partial charge on any atom is -0.497 e. The van der Waals surface area contributed by atoms with Crippen molar-refractivity contribution in [3.8, 4) is 27.8 Å². The maximum atomic E-state index is 12.2. The Bertz CT molecular complexity index is 1080. The number of thiazole rings is 1. The van der Waals surface area contributed by atoms with E-state index < -0.39 is 0 Å². The lowest BCUT2D eigenvalue weighted by Gasteiger charge is -2.04. The highest BCUT2D eigenvalue weighted by molar-refractivity contribution is 7.99. The summed E-state index contributed by atoms with van der Waals surface area (Å²) >= 11 is 2.76. The van der Waals surface area contributed by atoms with Crippen LogP contribution in [0, 0.1) is 0 Å². The third-order valence-electron chi connectivity index (χ3n) is 3.92. The van der Waals surface area contributed by atoms with Gasteiger partial charge in [0.05, 0.1) is 12.9 Å². The van der Waals surface area contributed by atoms with Crippen LogP contribution in [-0.4, -0.2) is 34.0 Å². The van der Waals surface area contributed by atoms with E-state index in [-0.39, 0.29) is 11.7 Å². The number of amides is 1. The Morgan fingerprint density at radius 2 is 1.86 bits per heavy atom. The number of ether oxygens (including phenoxy) is 1. The molecule has 7 nitrogen and oxygen atoms in total. The molecular weight excluding hydrogens is 408 g/mol. The summed E-state index contributed by atoms with van der Waals surface area (Å²) in [5.41, 5.74) is 2.53. The second-order valence-electron chi connectivity index (χ2n) is 5.85. The minimum atomic E-state index is -0.152. The van der Waals surface area contributed by atoms with Crippen molar-refractivity contribution in [2.24, 2.45) is 0 Å². The second kappa shape index (κ2) is 8.89. The van der Waals surface area contributed by atoms with Crippen LogP contribution >= 0.6 is 23.1 Å². The number of aromatic nitrogens is 3. The van der Waals surface area contributed by atoms with Gasteiger partial charge in [-0.1, -0.05) is 11.8 Å². The van der Waals surface area contributed by atoms with Crippen LogP contribution in [0.25, 0.3) is 22.0 Å². The first-order valence-corrected chi connectivity index (χ1v) is 10.5. The molecule has 146 valence electrons. The quantitative estimate of drug-likeness (QED) is 0.434. The SMILES string of the molecule is COc1ccc(-c2nnc(SCC(=O)Nc3ccc(-c4nccs4)cc3)o2)cc1. The summed E-state index contributed by atoms with van der Waals surface area (Å²) < 4.78 is 10.7. The van der Waals surface area contributed by atoms with E-state index in [4.69, 9.17) is 9.15 Å². The summed E-state index contributed by atoms with van der Waals surface area (Å²) in [6.07, 6.45) is 1.77. The van der Waals surface area contributed by atoms with E-state index in [0.717, 1.165) is 27.6 Å². The number of nitrogens with zero attached hydrogens (tertiary/aromatic N) is 3. The molecule has 9 heteroatoms. The van der Waals surface area contributed by atoms with E-state index in [1.165, 1.54) is 11.8 Å². The van der Waals surface area contributed by atoms with Crippen LogP contribution in [0.5, 0.6) is 5.75 Å². The number of thioether (sulfide) groups is 1. The number of benzene rings is 2. The molecule has 0 saturated heterocycles. The van der Waals surface area contributed by atoms with Crippen molar-refractivity contribution >= 4 is 34.7 Å². The average molecular weight is 425 g/mol. The smallest absolute Gasteiger partial charge is 0.277 e. The maximum absolute atomic E-state index is 12.2. The predicted molar refractivity (Wildman–Crippen MR) is 113 cm³/mol. The molecule has 0 fully saturated rings. The average Bonchev–Trinajstić information content (AvgIpc) is 3.45. The predicted octanol–water partition coefficient (Wildman–Crippen LogP) is 4.60. The maximum Gasteiger partial charge on any atom is 0.277 e.